The second kappa shape index (κ2) is 10.0. The van der Waals surface area contributed by atoms with E-state index in [0.29, 0.717) is 35.3 Å². The number of anilines is 1. The minimum atomic E-state index is -0.430. The standard InChI is InChI=1S/C25H26N4O3/c1-31-22-15-19(11-12-21(22)32-17-18-9-5-4-6-10-18)23-20(16-26)24(30)28-25(27-23)29-13-7-2-3-8-14-29/h4-6,9-12,15H,2-3,7-8,13-14,17H2,1H3,(H,27,28,30). The van der Waals surface area contributed by atoms with Crippen molar-refractivity contribution in [3.8, 4) is 28.8 Å². The topological polar surface area (TPSA) is 91.2 Å². The molecule has 2 aromatic carbocycles. The summed E-state index contributed by atoms with van der Waals surface area (Å²) in [5.74, 6) is 1.60. The Hall–Kier alpha value is -3.79. The summed E-state index contributed by atoms with van der Waals surface area (Å²) in [6.45, 7) is 2.08. The van der Waals surface area contributed by atoms with Gasteiger partial charge in [-0.1, -0.05) is 43.2 Å². The highest BCUT2D eigenvalue weighted by Gasteiger charge is 2.19. The molecule has 1 aromatic heterocycles. The number of hydrogen-bond donors (Lipinski definition) is 1. The first-order valence-electron chi connectivity index (χ1n) is 10.8. The van der Waals surface area contributed by atoms with E-state index in [2.05, 4.69) is 9.88 Å². The third-order valence-corrected chi connectivity index (χ3v) is 5.60. The molecular formula is C25H26N4O3. The monoisotopic (exact) mass is 430 g/mol. The first-order chi connectivity index (χ1) is 15.7. The van der Waals surface area contributed by atoms with E-state index in [1.54, 1.807) is 25.3 Å². The number of nitrogens with one attached hydrogen (secondary N) is 1. The van der Waals surface area contributed by atoms with Gasteiger partial charge in [0.05, 0.1) is 12.8 Å². The average molecular weight is 431 g/mol. The van der Waals surface area contributed by atoms with Gasteiger partial charge in [0.2, 0.25) is 5.95 Å². The number of H-pyrrole nitrogens is 1. The number of ether oxygens (including phenoxy) is 2. The van der Waals surface area contributed by atoms with Crippen LogP contribution in [-0.2, 0) is 6.61 Å². The second-order valence-electron chi connectivity index (χ2n) is 7.77. The lowest BCUT2D eigenvalue weighted by Crippen LogP contribution is -2.29. The largest absolute Gasteiger partial charge is 0.493 e. The summed E-state index contributed by atoms with van der Waals surface area (Å²) < 4.78 is 11.5. The van der Waals surface area contributed by atoms with Crippen molar-refractivity contribution in [2.75, 3.05) is 25.1 Å². The Morgan fingerprint density at radius 1 is 1.06 bits per heavy atom. The maximum Gasteiger partial charge on any atom is 0.270 e. The van der Waals surface area contributed by atoms with E-state index in [1.165, 1.54) is 12.8 Å². The summed E-state index contributed by atoms with van der Waals surface area (Å²) in [5.41, 5.74) is 1.59. The summed E-state index contributed by atoms with van der Waals surface area (Å²) in [5, 5.41) is 9.62. The molecule has 0 unspecified atom stereocenters. The minimum absolute atomic E-state index is 0.0106. The highest BCUT2D eigenvalue weighted by atomic mass is 16.5. The third-order valence-electron chi connectivity index (χ3n) is 5.60. The molecule has 32 heavy (non-hydrogen) atoms. The van der Waals surface area contributed by atoms with E-state index in [-0.39, 0.29) is 5.56 Å². The Labute approximate surface area is 187 Å². The zero-order valence-corrected chi connectivity index (χ0v) is 18.1. The lowest BCUT2D eigenvalue weighted by Gasteiger charge is -2.21. The Kier molecular flexibility index (Phi) is 6.71. The fourth-order valence-electron chi connectivity index (χ4n) is 3.88. The molecule has 164 valence electrons. The first-order valence-corrected chi connectivity index (χ1v) is 10.8. The number of aromatic nitrogens is 2. The fourth-order valence-corrected chi connectivity index (χ4v) is 3.88. The molecule has 7 nitrogen and oxygen atoms in total. The number of nitrogens with zero attached hydrogens (tertiary/aromatic N) is 3. The maximum atomic E-state index is 12.7. The van der Waals surface area contributed by atoms with Gasteiger partial charge in [-0.2, -0.15) is 5.26 Å². The van der Waals surface area contributed by atoms with Crippen molar-refractivity contribution in [3.05, 3.63) is 70.0 Å². The van der Waals surface area contributed by atoms with Crippen molar-refractivity contribution in [2.24, 2.45) is 0 Å². The van der Waals surface area contributed by atoms with Crippen LogP contribution in [0.4, 0.5) is 5.95 Å². The molecule has 0 aliphatic carbocycles. The molecule has 2 heterocycles. The van der Waals surface area contributed by atoms with Gasteiger partial charge in [0.1, 0.15) is 18.2 Å². The molecule has 0 bridgehead atoms. The summed E-state index contributed by atoms with van der Waals surface area (Å²) in [4.78, 5) is 22.2. The van der Waals surface area contributed by atoms with E-state index in [9.17, 15) is 10.1 Å². The predicted octanol–water partition coefficient (Wildman–Crippen LogP) is 4.28. The molecule has 4 rings (SSSR count). The molecule has 0 saturated carbocycles. The minimum Gasteiger partial charge on any atom is -0.493 e. The van der Waals surface area contributed by atoms with Crippen molar-refractivity contribution in [2.45, 2.75) is 32.3 Å². The molecule has 3 aromatic rings. The number of rotatable bonds is 6. The molecular weight excluding hydrogens is 404 g/mol. The Morgan fingerprint density at radius 2 is 1.81 bits per heavy atom. The Morgan fingerprint density at radius 3 is 2.50 bits per heavy atom. The van der Waals surface area contributed by atoms with Gasteiger partial charge in [-0.25, -0.2) is 4.98 Å². The third kappa shape index (κ3) is 4.75. The van der Waals surface area contributed by atoms with Crippen LogP contribution in [0, 0.1) is 11.3 Å². The fraction of sp³-hybridized carbons (Fsp3) is 0.320. The first kappa shape index (κ1) is 21.4. The molecule has 0 amide bonds. The quantitative estimate of drug-likeness (QED) is 0.628. The van der Waals surface area contributed by atoms with Crippen LogP contribution in [0.25, 0.3) is 11.3 Å². The highest BCUT2D eigenvalue weighted by molar-refractivity contribution is 5.70. The number of nitriles is 1. The van der Waals surface area contributed by atoms with Crippen LogP contribution in [0.1, 0.15) is 36.8 Å². The van der Waals surface area contributed by atoms with Crippen LogP contribution in [0.15, 0.2) is 53.3 Å². The average Bonchev–Trinajstić information content (AvgIpc) is 3.12. The SMILES string of the molecule is COc1cc(-c2nc(N3CCCCCC3)[nH]c(=O)c2C#N)ccc1OCc1ccccc1. The molecule has 1 saturated heterocycles. The molecule has 1 fully saturated rings. The normalized spacial score (nSPS) is 13.8. The van der Waals surface area contributed by atoms with Gasteiger partial charge in [-0.3, -0.25) is 9.78 Å². The highest BCUT2D eigenvalue weighted by Crippen LogP contribution is 2.33. The zero-order chi connectivity index (χ0) is 22.3. The molecule has 1 aliphatic rings. The van der Waals surface area contributed by atoms with Gasteiger partial charge in [0.15, 0.2) is 11.5 Å². The predicted molar refractivity (Wildman–Crippen MR) is 123 cm³/mol. The van der Waals surface area contributed by atoms with Gasteiger partial charge in [0, 0.05) is 18.7 Å². The van der Waals surface area contributed by atoms with Gasteiger partial charge in [0.25, 0.3) is 5.56 Å². The van der Waals surface area contributed by atoms with E-state index < -0.39 is 5.56 Å². The van der Waals surface area contributed by atoms with Crippen LogP contribution >= 0.6 is 0 Å². The van der Waals surface area contributed by atoms with Gasteiger partial charge >= 0.3 is 0 Å². The zero-order valence-electron chi connectivity index (χ0n) is 18.1. The molecule has 0 radical (unpaired) electrons. The number of benzene rings is 2. The maximum absolute atomic E-state index is 12.7. The van der Waals surface area contributed by atoms with Gasteiger partial charge in [-0.05, 0) is 36.6 Å². The molecule has 1 N–H and O–H groups in total. The number of methoxy groups -OCH3 is 1. The second-order valence-corrected chi connectivity index (χ2v) is 7.77. The number of aromatic amines is 1. The summed E-state index contributed by atoms with van der Waals surface area (Å²) in [6, 6.07) is 17.2. The molecule has 0 spiro atoms. The summed E-state index contributed by atoms with van der Waals surface area (Å²) in [6.07, 6.45) is 4.46. The number of hydrogen-bond acceptors (Lipinski definition) is 6. The van der Waals surface area contributed by atoms with Crippen molar-refractivity contribution in [3.63, 3.8) is 0 Å². The smallest absolute Gasteiger partial charge is 0.270 e. The van der Waals surface area contributed by atoms with Crippen molar-refractivity contribution >= 4 is 5.95 Å². The van der Waals surface area contributed by atoms with Gasteiger partial charge in [-0.15, -0.1) is 0 Å². The summed E-state index contributed by atoms with van der Waals surface area (Å²) >= 11 is 0. The molecule has 7 heteroatoms. The van der Waals surface area contributed by atoms with Crippen molar-refractivity contribution < 1.29 is 9.47 Å². The lowest BCUT2D eigenvalue weighted by atomic mass is 10.1. The Bertz CT molecular complexity index is 1160. The van der Waals surface area contributed by atoms with Gasteiger partial charge < -0.3 is 14.4 Å². The van der Waals surface area contributed by atoms with Crippen LogP contribution in [0.3, 0.4) is 0 Å². The lowest BCUT2D eigenvalue weighted by molar-refractivity contribution is 0.284. The van der Waals surface area contributed by atoms with Crippen LogP contribution in [0.5, 0.6) is 11.5 Å². The van der Waals surface area contributed by atoms with E-state index in [1.807, 2.05) is 36.4 Å². The van der Waals surface area contributed by atoms with Crippen LogP contribution in [0.2, 0.25) is 0 Å². The van der Waals surface area contributed by atoms with Crippen molar-refractivity contribution in [1.29, 1.82) is 5.26 Å². The Balaban J connectivity index is 1.67. The molecule has 1 aliphatic heterocycles. The van der Waals surface area contributed by atoms with E-state index >= 15 is 0 Å². The summed E-state index contributed by atoms with van der Waals surface area (Å²) in [7, 11) is 1.56. The van der Waals surface area contributed by atoms with Crippen LogP contribution in [-0.4, -0.2) is 30.2 Å². The van der Waals surface area contributed by atoms with Crippen LogP contribution < -0.4 is 19.9 Å². The van der Waals surface area contributed by atoms with E-state index in [4.69, 9.17) is 14.5 Å². The van der Waals surface area contributed by atoms with Crippen molar-refractivity contribution in [1.82, 2.24) is 9.97 Å². The molecule has 0 atom stereocenters. The van der Waals surface area contributed by atoms with E-state index in [0.717, 1.165) is 31.5 Å².